The molecule has 0 unspecified atom stereocenters. The van der Waals surface area contributed by atoms with Crippen molar-refractivity contribution in [2.24, 2.45) is 0 Å². The summed E-state index contributed by atoms with van der Waals surface area (Å²) in [5.74, 6) is -1.65. The first-order chi connectivity index (χ1) is 8.79. The highest BCUT2D eigenvalue weighted by Crippen LogP contribution is 2.30. The van der Waals surface area contributed by atoms with Crippen molar-refractivity contribution in [3.8, 4) is 11.1 Å². The molecule has 3 nitrogen and oxygen atoms in total. The average Bonchev–Trinajstić information content (AvgIpc) is 2.27. The van der Waals surface area contributed by atoms with Gasteiger partial charge in [0.2, 0.25) is 0 Å². The molecule has 0 atom stereocenters. The molecule has 0 spiro atoms. The third kappa shape index (κ3) is 2.80. The second-order valence-electron chi connectivity index (χ2n) is 4.10. The maximum atomic E-state index is 13.7. The Balaban J connectivity index is 2.77. The summed E-state index contributed by atoms with van der Waals surface area (Å²) >= 11 is 0. The molecule has 6 heteroatoms. The van der Waals surface area contributed by atoms with Crippen LogP contribution in [0.3, 0.4) is 0 Å². The monoisotopic (exact) mass is 284 g/mol. The highest BCUT2D eigenvalue weighted by molar-refractivity contribution is 7.86. The molecule has 0 saturated carbocycles. The standard InChI is InChI=1S/C13H10F2O3S/c1-8-2-5-13(19(16,17)18)11(6-8)10-4-3-9(14)7-12(10)15/h2-7H,1H3,(H,16,17,18). The Hall–Kier alpha value is -1.79. The molecule has 0 fully saturated rings. The van der Waals surface area contributed by atoms with E-state index in [0.29, 0.717) is 11.6 Å². The predicted molar refractivity (Wildman–Crippen MR) is 66.3 cm³/mol. The first-order valence-electron chi connectivity index (χ1n) is 5.32. The summed E-state index contributed by atoms with van der Waals surface area (Å²) in [5.41, 5.74) is 0.601. The molecule has 0 bridgehead atoms. The van der Waals surface area contributed by atoms with Gasteiger partial charge in [0, 0.05) is 17.2 Å². The molecule has 100 valence electrons. The van der Waals surface area contributed by atoms with Crippen LogP contribution in [0.5, 0.6) is 0 Å². The zero-order valence-corrected chi connectivity index (χ0v) is 10.7. The lowest BCUT2D eigenvalue weighted by Gasteiger charge is -2.09. The van der Waals surface area contributed by atoms with Gasteiger partial charge in [0.25, 0.3) is 10.1 Å². The summed E-state index contributed by atoms with van der Waals surface area (Å²) in [4.78, 5) is -0.413. The number of aryl methyl sites for hydroxylation is 1. The Bertz CT molecular complexity index is 740. The summed E-state index contributed by atoms with van der Waals surface area (Å²) in [6.45, 7) is 1.69. The Labute approximate surface area is 109 Å². The van der Waals surface area contributed by atoms with Crippen molar-refractivity contribution < 1.29 is 21.8 Å². The Kier molecular flexibility index (Phi) is 3.38. The Morgan fingerprint density at radius 3 is 2.26 bits per heavy atom. The highest BCUT2D eigenvalue weighted by atomic mass is 32.2. The van der Waals surface area contributed by atoms with E-state index < -0.39 is 26.6 Å². The molecule has 0 aliphatic rings. The fraction of sp³-hybridized carbons (Fsp3) is 0.0769. The van der Waals surface area contributed by atoms with Gasteiger partial charge in [-0.1, -0.05) is 11.6 Å². The molecule has 2 aromatic rings. The smallest absolute Gasteiger partial charge is 0.282 e. The van der Waals surface area contributed by atoms with Crippen LogP contribution in [0.4, 0.5) is 8.78 Å². The van der Waals surface area contributed by atoms with Crippen molar-refractivity contribution in [1.29, 1.82) is 0 Å². The Morgan fingerprint density at radius 2 is 1.68 bits per heavy atom. The van der Waals surface area contributed by atoms with Gasteiger partial charge in [-0.25, -0.2) is 8.78 Å². The maximum Gasteiger partial charge on any atom is 0.295 e. The molecule has 0 aliphatic carbocycles. The topological polar surface area (TPSA) is 54.4 Å². The number of rotatable bonds is 2. The molecule has 1 N–H and O–H groups in total. The molecule has 0 saturated heterocycles. The first-order valence-corrected chi connectivity index (χ1v) is 6.76. The van der Waals surface area contributed by atoms with Gasteiger partial charge in [0.05, 0.1) is 0 Å². The molecule has 2 rings (SSSR count). The third-order valence-electron chi connectivity index (χ3n) is 2.63. The molecule has 0 aliphatic heterocycles. The lowest BCUT2D eigenvalue weighted by atomic mass is 10.0. The van der Waals surface area contributed by atoms with Gasteiger partial charge in [-0.2, -0.15) is 8.42 Å². The van der Waals surface area contributed by atoms with Crippen LogP contribution in [0, 0.1) is 18.6 Å². The first kappa shape index (κ1) is 13.6. The minimum absolute atomic E-state index is 0.000000000000000444. The van der Waals surface area contributed by atoms with E-state index in [0.717, 1.165) is 12.1 Å². The van der Waals surface area contributed by atoms with Gasteiger partial charge < -0.3 is 0 Å². The lowest BCUT2D eigenvalue weighted by molar-refractivity contribution is 0.483. The number of hydrogen-bond donors (Lipinski definition) is 1. The normalized spacial score (nSPS) is 11.6. The third-order valence-corrected chi connectivity index (χ3v) is 3.55. The van der Waals surface area contributed by atoms with E-state index in [1.54, 1.807) is 6.92 Å². The average molecular weight is 284 g/mol. The van der Waals surface area contributed by atoms with Crippen LogP contribution in [-0.4, -0.2) is 13.0 Å². The van der Waals surface area contributed by atoms with E-state index in [1.807, 2.05) is 0 Å². The van der Waals surface area contributed by atoms with Crippen LogP contribution in [-0.2, 0) is 10.1 Å². The van der Waals surface area contributed by atoms with E-state index in [2.05, 4.69) is 0 Å². The second-order valence-corrected chi connectivity index (χ2v) is 5.49. The molecule has 2 aromatic carbocycles. The molecule has 0 heterocycles. The van der Waals surface area contributed by atoms with Gasteiger partial charge in [-0.15, -0.1) is 0 Å². The highest BCUT2D eigenvalue weighted by Gasteiger charge is 2.19. The number of halogens is 2. The largest absolute Gasteiger partial charge is 0.295 e. The van der Waals surface area contributed by atoms with Crippen LogP contribution in [0.2, 0.25) is 0 Å². The van der Waals surface area contributed by atoms with E-state index in [9.17, 15) is 17.2 Å². The molecule has 19 heavy (non-hydrogen) atoms. The minimum Gasteiger partial charge on any atom is -0.282 e. The lowest BCUT2D eigenvalue weighted by Crippen LogP contribution is -2.02. The summed E-state index contributed by atoms with van der Waals surface area (Å²) in [6, 6.07) is 6.89. The van der Waals surface area contributed by atoms with Crippen molar-refractivity contribution in [1.82, 2.24) is 0 Å². The minimum atomic E-state index is -4.49. The molecular formula is C13H10F2O3S. The van der Waals surface area contributed by atoms with Gasteiger partial charge in [-0.3, -0.25) is 4.55 Å². The zero-order chi connectivity index (χ0) is 14.2. The van der Waals surface area contributed by atoms with Crippen LogP contribution in [0.1, 0.15) is 5.56 Å². The fourth-order valence-electron chi connectivity index (χ4n) is 1.79. The van der Waals surface area contributed by atoms with Crippen molar-refractivity contribution in [2.45, 2.75) is 11.8 Å². The Morgan fingerprint density at radius 1 is 1.00 bits per heavy atom. The van der Waals surface area contributed by atoms with Crippen molar-refractivity contribution in [3.05, 3.63) is 53.6 Å². The molecule has 0 radical (unpaired) electrons. The van der Waals surface area contributed by atoms with Gasteiger partial charge in [-0.05, 0) is 31.2 Å². The van der Waals surface area contributed by atoms with Crippen LogP contribution < -0.4 is 0 Å². The fourth-order valence-corrected chi connectivity index (χ4v) is 2.47. The molecular weight excluding hydrogens is 274 g/mol. The predicted octanol–water partition coefficient (Wildman–Crippen LogP) is 3.19. The van der Waals surface area contributed by atoms with Gasteiger partial charge in [0.15, 0.2) is 0 Å². The van der Waals surface area contributed by atoms with E-state index in [-0.39, 0.29) is 11.1 Å². The molecule has 0 amide bonds. The van der Waals surface area contributed by atoms with E-state index in [1.165, 1.54) is 18.2 Å². The van der Waals surface area contributed by atoms with Gasteiger partial charge in [0.1, 0.15) is 16.5 Å². The van der Waals surface area contributed by atoms with Crippen molar-refractivity contribution in [2.75, 3.05) is 0 Å². The second kappa shape index (κ2) is 4.71. The summed E-state index contributed by atoms with van der Waals surface area (Å²) in [7, 11) is -4.49. The SMILES string of the molecule is Cc1ccc(S(=O)(=O)O)c(-c2ccc(F)cc2F)c1. The summed E-state index contributed by atoms with van der Waals surface area (Å²) < 4.78 is 58.3. The van der Waals surface area contributed by atoms with Crippen LogP contribution in [0.25, 0.3) is 11.1 Å². The number of hydrogen-bond acceptors (Lipinski definition) is 2. The van der Waals surface area contributed by atoms with Gasteiger partial charge >= 0.3 is 0 Å². The quantitative estimate of drug-likeness (QED) is 0.862. The summed E-state index contributed by atoms with van der Waals surface area (Å²) in [5, 5.41) is 0. The van der Waals surface area contributed by atoms with Crippen LogP contribution in [0.15, 0.2) is 41.3 Å². The van der Waals surface area contributed by atoms with Crippen LogP contribution >= 0.6 is 0 Å². The molecule has 0 aromatic heterocycles. The maximum absolute atomic E-state index is 13.7. The summed E-state index contributed by atoms with van der Waals surface area (Å²) in [6.07, 6.45) is 0. The zero-order valence-electron chi connectivity index (χ0n) is 9.89. The van der Waals surface area contributed by atoms with E-state index >= 15 is 0 Å². The van der Waals surface area contributed by atoms with Crippen molar-refractivity contribution >= 4 is 10.1 Å². The van der Waals surface area contributed by atoms with Crippen molar-refractivity contribution in [3.63, 3.8) is 0 Å². The number of benzene rings is 2. The van der Waals surface area contributed by atoms with E-state index in [4.69, 9.17) is 4.55 Å².